The van der Waals surface area contributed by atoms with Gasteiger partial charge in [-0.3, -0.25) is 4.79 Å². The molecular weight excluding hydrogens is 348 g/mol. The number of nitrogens with one attached hydrogen (secondary N) is 1. The van der Waals surface area contributed by atoms with Crippen LogP contribution in [-0.4, -0.2) is 26.5 Å². The van der Waals surface area contributed by atoms with Crippen LogP contribution in [0.4, 0.5) is 10.5 Å². The van der Waals surface area contributed by atoms with E-state index in [0.717, 1.165) is 31.9 Å². The minimum atomic E-state index is -3.70. The lowest BCUT2D eigenvalue weighted by Crippen LogP contribution is -2.21. The van der Waals surface area contributed by atoms with Crippen LogP contribution in [0.5, 0.6) is 5.75 Å². The summed E-state index contributed by atoms with van der Waals surface area (Å²) in [5.41, 5.74) is 5.63. The molecule has 0 unspecified atom stereocenters. The van der Waals surface area contributed by atoms with Crippen molar-refractivity contribution in [2.45, 2.75) is 25.7 Å². The first-order chi connectivity index (χ1) is 11.7. The Morgan fingerprint density at radius 1 is 1.28 bits per heavy atom. The lowest BCUT2D eigenvalue weighted by atomic mass is 9.99. The molecule has 2 amide bonds. The van der Waals surface area contributed by atoms with Gasteiger partial charge in [-0.05, 0) is 25.0 Å². The van der Waals surface area contributed by atoms with Crippen LogP contribution in [0.25, 0.3) is 11.0 Å². The molecule has 1 aromatic heterocycles. The Hall–Kier alpha value is -2.55. The van der Waals surface area contributed by atoms with Crippen LogP contribution in [0.1, 0.15) is 36.2 Å². The van der Waals surface area contributed by atoms with Gasteiger partial charge in [-0.2, -0.15) is 8.42 Å². The molecule has 0 radical (unpaired) electrons. The Bertz CT molecular complexity index is 941. The van der Waals surface area contributed by atoms with Gasteiger partial charge in [-0.15, -0.1) is 0 Å². The van der Waals surface area contributed by atoms with Crippen LogP contribution in [0.2, 0.25) is 0 Å². The molecule has 1 aliphatic carbocycles. The van der Waals surface area contributed by atoms with Gasteiger partial charge in [-0.25, -0.2) is 4.79 Å². The van der Waals surface area contributed by atoms with Crippen molar-refractivity contribution in [3.05, 3.63) is 24.0 Å². The van der Waals surface area contributed by atoms with E-state index in [4.69, 9.17) is 14.3 Å². The Kier molecular flexibility index (Phi) is 4.42. The van der Waals surface area contributed by atoms with E-state index in [9.17, 15) is 18.0 Å². The van der Waals surface area contributed by atoms with E-state index in [2.05, 4.69) is 5.32 Å². The Balaban J connectivity index is 2.07. The summed E-state index contributed by atoms with van der Waals surface area (Å²) in [7, 11) is -3.70. The molecule has 25 heavy (non-hydrogen) atoms. The number of fused-ring (bicyclic) bond motifs is 1. The maximum Gasteiger partial charge on any atom is 0.316 e. The number of carbonyl (C=O) groups is 2. The number of hydrogen-bond acceptors (Lipinski definition) is 6. The topological polar surface area (TPSA) is 129 Å². The van der Waals surface area contributed by atoms with Gasteiger partial charge >= 0.3 is 16.1 Å². The molecule has 0 bridgehead atoms. The molecule has 1 fully saturated rings. The number of furan rings is 1. The van der Waals surface area contributed by atoms with Crippen LogP contribution in [0.15, 0.2) is 22.6 Å². The third kappa shape index (κ3) is 3.76. The molecule has 1 saturated carbocycles. The highest BCUT2D eigenvalue weighted by Crippen LogP contribution is 2.37. The number of carbonyl (C=O) groups excluding carboxylic acids is 2. The molecule has 1 heterocycles. The molecule has 3 N–H and O–H groups in total. The monoisotopic (exact) mass is 366 g/mol. The lowest BCUT2D eigenvalue weighted by molar-refractivity contribution is 0.0898. The van der Waals surface area contributed by atoms with Crippen LogP contribution < -0.4 is 15.2 Å². The molecule has 2 aromatic rings. The summed E-state index contributed by atoms with van der Waals surface area (Å²) in [6.07, 6.45) is 4.42. The van der Waals surface area contributed by atoms with Gasteiger partial charge in [-0.1, -0.05) is 12.8 Å². The van der Waals surface area contributed by atoms with Crippen molar-refractivity contribution in [1.29, 1.82) is 0 Å². The van der Waals surface area contributed by atoms with Crippen molar-refractivity contribution in [1.82, 2.24) is 0 Å². The van der Waals surface area contributed by atoms with Crippen molar-refractivity contribution >= 4 is 38.6 Å². The second-order valence-electron chi connectivity index (χ2n) is 6.09. The van der Waals surface area contributed by atoms with Gasteiger partial charge in [0.1, 0.15) is 17.0 Å². The molecule has 0 spiro atoms. The number of rotatable bonds is 5. The summed E-state index contributed by atoms with van der Waals surface area (Å²) in [5.74, 6) is -0.268. The van der Waals surface area contributed by atoms with E-state index in [1.807, 2.05) is 0 Å². The van der Waals surface area contributed by atoms with Gasteiger partial charge in [0.15, 0.2) is 5.76 Å². The first-order valence-corrected chi connectivity index (χ1v) is 9.63. The second-order valence-corrected chi connectivity index (χ2v) is 7.66. The lowest BCUT2D eigenvalue weighted by Gasteiger charge is -2.07. The normalized spacial score (nSPS) is 15.4. The first-order valence-electron chi connectivity index (χ1n) is 7.81. The summed E-state index contributed by atoms with van der Waals surface area (Å²) < 4.78 is 33.0. The number of nitrogens with two attached hydrogens (primary N) is 1. The summed E-state index contributed by atoms with van der Waals surface area (Å²) in [4.78, 5) is 24.0. The van der Waals surface area contributed by atoms with Gasteiger partial charge in [0.25, 0.3) is 0 Å². The fourth-order valence-electron chi connectivity index (χ4n) is 3.10. The summed E-state index contributed by atoms with van der Waals surface area (Å²) in [6, 6.07) is 3.46. The van der Waals surface area contributed by atoms with Gasteiger partial charge < -0.3 is 19.7 Å². The van der Waals surface area contributed by atoms with Crippen LogP contribution in [-0.2, 0) is 10.1 Å². The van der Waals surface area contributed by atoms with E-state index in [0.29, 0.717) is 5.39 Å². The molecule has 0 atom stereocenters. The second kappa shape index (κ2) is 6.40. The zero-order chi connectivity index (χ0) is 18.2. The maximum absolute atomic E-state index is 12.7. The molecule has 9 heteroatoms. The summed E-state index contributed by atoms with van der Waals surface area (Å²) >= 11 is 0. The molecule has 0 aliphatic heterocycles. The highest BCUT2D eigenvalue weighted by atomic mass is 32.2. The van der Waals surface area contributed by atoms with E-state index >= 15 is 0 Å². The molecule has 0 saturated heterocycles. The average Bonchev–Trinajstić information content (AvgIpc) is 3.12. The van der Waals surface area contributed by atoms with Crippen LogP contribution in [0.3, 0.4) is 0 Å². The molecule has 1 aromatic carbocycles. The Morgan fingerprint density at radius 2 is 1.96 bits per heavy atom. The maximum atomic E-state index is 12.7. The van der Waals surface area contributed by atoms with Gasteiger partial charge in [0.05, 0.1) is 6.26 Å². The number of amides is 2. The fraction of sp³-hybridized carbons (Fsp3) is 0.375. The number of urea groups is 1. The largest absolute Gasteiger partial charge is 0.451 e. The number of benzene rings is 1. The average molecular weight is 366 g/mol. The molecular formula is C16H18N2O6S. The predicted octanol–water partition coefficient (Wildman–Crippen LogP) is 2.63. The summed E-state index contributed by atoms with van der Waals surface area (Å²) in [5, 5.41) is 2.88. The van der Waals surface area contributed by atoms with E-state index in [1.54, 1.807) is 0 Å². The highest BCUT2D eigenvalue weighted by Gasteiger charge is 2.30. The number of anilines is 1. The number of hydrogen-bond donors (Lipinski definition) is 2. The third-order valence-corrected chi connectivity index (χ3v) is 4.60. The number of Topliss-reactive ketones (excluding diaryl/α,β-unsaturated/α-hetero) is 1. The standard InChI is InChI=1S/C16H18N2O6S/c1-25(21,22)24-10-6-7-11-12(8-10)23-15(13(11)18-16(17)20)14(19)9-4-2-3-5-9/h6-9H,2-5H2,1H3,(H3,17,18,20). The number of ketones is 1. The third-order valence-electron chi connectivity index (χ3n) is 4.11. The fourth-order valence-corrected chi connectivity index (χ4v) is 3.55. The summed E-state index contributed by atoms with van der Waals surface area (Å²) in [6.45, 7) is 0. The van der Waals surface area contributed by atoms with E-state index in [-0.39, 0.29) is 34.5 Å². The van der Waals surface area contributed by atoms with Gasteiger partial charge in [0.2, 0.25) is 5.78 Å². The smallest absolute Gasteiger partial charge is 0.316 e. The minimum absolute atomic E-state index is 0.0252. The quantitative estimate of drug-likeness (QED) is 0.618. The van der Waals surface area contributed by atoms with Crippen molar-refractivity contribution in [2.75, 3.05) is 11.6 Å². The molecule has 8 nitrogen and oxygen atoms in total. The SMILES string of the molecule is CS(=O)(=O)Oc1ccc2c(NC(N)=O)c(C(=O)C3CCCC3)oc2c1. The Morgan fingerprint density at radius 3 is 2.56 bits per heavy atom. The van der Waals surface area contributed by atoms with E-state index in [1.165, 1.54) is 18.2 Å². The highest BCUT2D eigenvalue weighted by molar-refractivity contribution is 7.86. The van der Waals surface area contributed by atoms with Crippen molar-refractivity contribution in [3.63, 3.8) is 0 Å². The van der Waals surface area contributed by atoms with E-state index < -0.39 is 16.1 Å². The van der Waals surface area contributed by atoms with Gasteiger partial charge in [0, 0.05) is 17.4 Å². The molecule has 1 aliphatic rings. The van der Waals surface area contributed by atoms with Crippen molar-refractivity contribution in [3.8, 4) is 5.75 Å². The van der Waals surface area contributed by atoms with Crippen molar-refractivity contribution in [2.24, 2.45) is 11.7 Å². The zero-order valence-corrected chi connectivity index (χ0v) is 14.4. The zero-order valence-electron chi connectivity index (χ0n) is 13.6. The first kappa shape index (κ1) is 17.3. The minimum Gasteiger partial charge on any atom is -0.451 e. The molecule has 3 rings (SSSR count). The Labute approximate surface area is 144 Å². The predicted molar refractivity (Wildman–Crippen MR) is 91.2 cm³/mol. The van der Waals surface area contributed by atoms with Crippen LogP contribution in [0, 0.1) is 5.92 Å². The number of primary amides is 1. The molecule has 134 valence electrons. The van der Waals surface area contributed by atoms with Crippen molar-refractivity contribution < 1.29 is 26.6 Å². The van der Waals surface area contributed by atoms with Crippen LogP contribution >= 0.6 is 0 Å².